The minimum Gasteiger partial charge on any atom is -0.300 e. The van der Waals surface area contributed by atoms with E-state index in [0.29, 0.717) is 6.42 Å². The third-order valence-electron chi connectivity index (χ3n) is 1.93. The Morgan fingerprint density at radius 3 is 2.50 bits per heavy atom. The molecule has 1 rings (SSSR count). The summed E-state index contributed by atoms with van der Waals surface area (Å²) in [6, 6.07) is 7.90. The normalized spacial score (nSPS) is 11.5. The summed E-state index contributed by atoms with van der Waals surface area (Å²) in [4.78, 5) is 15.2. The van der Waals surface area contributed by atoms with Gasteiger partial charge in [-0.25, -0.2) is 0 Å². The number of hydrogen-bond donors (Lipinski definition) is 0. The summed E-state index contributed by atoms with van der Waals surface area (Å²) in [7, 11) is 0. The van der Waals surface area contributed by atoms with E-state index in [1.165, 1.54) is 0 Å². The Kier molecular flexibility index (Phi) is 3.57. The Morgan fingerprint density at radius 2 is 1.93 bits per heavy atom. The van der Waals surface area contributed by atoms with E-state index in [1.54, 1.807) is 6.92 Å². The fourth-order valence-electron chi connectivity index (χ4n) is 1.29. The molecule has 0 unspecified atom stereocenters. The summed E-state index contributed by atoms with van der Waals surface area (Å²) < 4.78 is 0. The van der Waals surface area contributed by atoms with Crippen LogP contribution in [0.15, 0.2) is 29.3 Å². The van der Waals surface area contributed by atoms with Crippen LogP contribution in [0.25, 0.3) is 0 Å². The quantitative estimate of drug-likeness (QED) is 0.672. The minimum atomic E-state index is 0.153. The number of aliphatic imine (C=N–C) groups is 1. The number of para-hydroxylation sites is 1. The van der Waals surface area contributed by atoms with Crippen molar-refractivity contribution in [3.8, 4) is 0 Å². The van der Waals surface area contributed by atoms with Crippen molar-refractivity contribution < 1.29 is 4.79 Å². The third kappa shape index (κ3) is 3.13. The largest absolute Gasteiger partial charge is 0.300 e. The van der Waals surface area contributed by atoms with Crippen LogP contribution < -0.4 is 0 Å². The molecule has 14 heavy (non-hydrogen) atoms. The van der Waals surface area contributed by atoms with E-state index >= 15 is 0 Å². The molecule has 0 amide bonds. The first-order valence-electron chi connectivity index (χ1n) is 4.69. The Bertz CT molecular complexity index is 366. The lowest BCUT2D eigenvalue weighted by molar-refractivity contribution is -0.115. The van der Waals surface area contributed by atoms with Crippen molar-refractivity contribution in [1.29, 1.82) is 0 Å². The zero-order valence-corrected chi connectivity index (χ0v) is 8.87. The highest BCUT2D eigenvalue weighted by molar-refractivity contribution is 6.00. The van der Waals surface area contributed by atoms with Gasteiger partial charge in [0.1, 0.15) is 5.78 Å². The van der Waals surface area contributed by atoms with Gasteiger partial charge in [0.2, 0.25) is 0 Å². The van der Waals surface area contributed by atoms with Crippen molar-refractivity contribution in [2.24, 2.45) is 4.99 Å². The number of rotatable bonds is 3. The summed E-state index contributed by atoms with van der Waals surface area (Å²) in [6.45, 7) is 5.48. The molecule has 0 aromatic heterocycles. The maximum absolute atomic E-state index is 10.8. The van der Waals surface area contributed by atoms with Gasteiger partial charge in [0, 0.05) is 12.1 Å². The highest BCUT2D eigenvalue weighted by Crippen LogP contribution is 2.17. The molecule has 1 aromatic carbocycles. The Labute approximate surface area is 84.7 Å². The standard InChI is InChI=1S/C12H15NO/c1-9-6-4-5-7-12(9)13-10(2)8-11(3)14/h4-7H,8H2,1-3H3. The van der Waals surface area contributed by atoms with E-state index in [1.807, 2.05) is 38.1 Å². The van der Waals surface area contributed by atoms with Crippen LogP contribution in [0.3, 0.4) is 0 Å². The zero-order chi connectivity index (χ0) is 10.6. The molecule has 1 aromatic rings. The summed E-state index contributed by atoms with van der Waals surface area (Å²) in [6.07, 6.45) is 0.439. The first-order chi connectivity index (χ1) is 6.59. The molecule has 2 heteroatoms. The second-order valence-electron chi connectivity index (χ2n) is 3.51. The number of aryl methyl sites for hydroxylation is 1. The second-order valence-corrected chi connectivity index (χ2v) is 3.51. The SMILES string of the molecule is CC(=O)CC(C)=Nc1ccccc1C. The molecule has 0 bridgehead atoms. The van der Waals surface area contributed by atoms with Gasteiger partial charge in [0.25, 0.3) is 0 Å². The van der Waals surface area contributed by atoms with Crippen molar-refractivity contribution in [3.05, 3.63) is 29.8 Å². The van der Waals surface area contributed by atoms with Gasteiger partial charge in [-0.2, -0.15) is 0 Å². The molecule has 0 aliphatic heterocycles. The lowest BCUT2D eigenvalue weighted by atomic mass is 10.2. The van der Waals surface area contributed by atoms with Crippen LogP contribution in [0.5, 0.6) is 0 Å². The molecule has 0 fully saturated rings. The Balaban J connectivity index is 2.86. The predicted molar refractivity (Wildman–Crippen MR) is 59.2 cm³/mol. The average Bonchev–Trinajstić information content (AvgIpc) is 2.07. The maximum Gasteiger partial charge on any atom is 0.135 e. The first-order valence-corrected chi connectivity index (χ1v) is 4.69. The number of Topliss-reactive ketones (excluding diaryl/α,β-unsaturated/α-hetero) is 1. The van der Waals surface area contributed by atoms with E-state index in [9.17, 15) is 4.79 Å². The topological polar surface area (TPSA) is 29.4 Å². The fourth-order valence-corrected chi connectivity index (χ4v) is 1.29. The highest BCUT2D eigenvalue weighted by atomic mass is 16.1. The number of hydrogen-bond acceptors (Lipinski definition) is 2. The molecule has 0 spiro atoms. The Hall–Kier alpha value is -1.44. The molecule has 0 aliphatic carbocycles. The molecule has 0 atom stereocenters. The monoisotopic (exact) mass is 189 g/mol. The average molecular weight is 189 g/mol. The van der Waals surface area contributed by atoms with E-state index in [0.717, 1.165) is 17.0 Å². The van der Waals surface area contributed by atoms with Crippen LogP contribution in [0.4, 0.5) is 5.69 Å². The summed E-state index contributed by atoms with van der Waals surface area (Å²) in [5, 5.41) is 0. The molecular weight excluding hydrogens is 174 g/mol. The maximum atomic E-state index is 10.8. The van der Waals surface area contributed by atoms with E-state index < -0.39 is 0 Å². The number of ketones is 1. The van der Waals surface area contributed by atoms with E-state index in [2.05, 4.69) is 4.99 Å². The lowest BCUT2D eigenvalue weighted by Gasteiger charge is -2.01. The van der Waals surface area contributed by atoms with Crippen molar-refractivity contribution in [3.63, 3.8) is 0 Å². The highest BCUT2D eigenvalue weighted by Gasteiger charge is 1.98. The van der Waals surface area contributed by atoms with Gasteiger partial charge in [-0.05, 0) is 32.4 Å². The minimum absolute atomic E-state index is 0.153. The second kappa shape index (κ2) is 4.70. The van der Waals surface area contributed by atoms with Gasteiger partial charge >= 0.3 is 0 Å². The summed E-state index contributed by atoms with van der Waals surface area (Å²) >= 11 is 0. The van der Waals surface area contributed by atoms with Crippen LogP contribution in [0.1, 0.15) is 25.8 Å². The molecule has 0 saturated carbocycles. The number of carbonyl (C=O) groups excluding carboxylic acids is 1. The van der Waals surface area contributed by atoms with Crippen molar-refractivity contribution in [2.45, 2.75) is 27.2 Å². The third-order valence-corrected chi connectivity index (χ3v) is 1.93. The van der Waals surface area contributed by atoms with Crippen LogP contribution in [0.2, 0.25) is 0 Å². The fraction of sp³-hybridized carbons (Fsp3) is 0.333. The van der Waals surface area contributed by atoms with Crippen molar-refractivity contribution in [2.75, 3.05) is 0 Å². The molecule has 0 aliphatic rings. The zero-order valence-electron chi connectivity index (χ0n) is 8.87. The van der Waals surface area contributed by atoms with Gasteiger partial charge < -0.3 is 0 Å². The summed E-state index contributed by atoms with van der Waals surface area (Å²) in [5.41, 5.74) is 2.95. The van der Waals surface area contributed by atoms with Crippen molar-refractivity contribution >= 4 is 17.2 Å². The molecule has 0 N–H and O–H groups in total. The molecule has 0 radical (unpaired) electrons. The molecule has 0 heterocycles. The molecular formula is C12H15NO. The number of benzene rings is 1. The van der Waals surface area contributed by atoms with E-state index in [4.69, 9.17) is 0 Å². The summed E-state index contributed by atoms with van der Waals surface area (Å²) in [5.74, 6) is 0.153. The molecule has 0 saturated heterocycles. The van der Waals surface area contributed by atoms with Gasteiger partial charge in [-0.15, -0.1) is 0 Å². The predicted octanol–water partition coefficient (Wildman–Crippen LogP) is 3.07. The van der Waals surface area contributed by atoms with Gasteiger partial charge in [0.15, 0.2) is 0 Å². The van der Waals surface area contributed by atoms with Crippen molar-refractivity contribution in [1.82, 2.24) is 0 Å². The number of nitrogens with zero attached hydrogens (tertiary/aromatic N) is 1. The number of carbonyl (C=O) groups is 1. The van der Waals surface area contributed by atoms with Crippen LogP contribution in [-0.2, 0) is 4.79 Å². The lowest BCUT2D eigenvalue weighted by Crippen LogP contribution is -1.99. The molecule has 2 nitrogen and oxygen atoms in total. The van der Waals surface area contributed by atoms with E-state index in [-0.39, 0.29) is 5.78 Å². The van der Waals surface area contributed by atoms with Gasteiger partial charge in [-0.1, -0.05) is 18.2 Å². The van der Waals surface area contributed by atoms with Crippen LogP contribution >= 0.6 is 0 Å². The van der Waals surface area contributed by atoms with Crippen LogP contribution in [-0.4, -0.2) is 11.5 Å². The van der Waals surface area contributed by atoms with Gasteiger partial charge in [-0.3, -0.25) is 9.79 Å². The first kappa shape index (κ1) is 10.6. The smallest absolute Gasteiger partial charge is 0.135 e. The van der Waals surface area contributed by atoms with Crippen LogP contribution in [0, 0.1) is 6.92 Å². The van der Waals surface area contributed by atoms with Gasteiger partial charge in [0.05, 0.1) is 5.69 Å². The molecule has 74 valence electrons. The Morgan fingerprint density at radius 1 is 1.29 bits per heavy atom.